The summed E-state index contributed by atoms with van der Waals surface area (Å²) in [6.45, 7) is 6.16. The van der Waals surface area contributed by atoms with E-state index in [-0.39, 0.29) is 18.4 Å². The molecule has 1 saturated heterocycles. The molecule has 0 saturated carbocycles. The van der Waals surface area contributed by atoms with Crippen LogP contribution >= 0.6 is 0 Å². The molecule has 1 aliphatic heterocycles. The first kappa shape index (κ1) is 14.5. The first-order valence-electron chi connectivity index (χ1n) is 6.73. The first-order chi connectivity index (χ1) is 8.13. The summed E-state index contributed by atoms with van der Waals surface area (Å²) in [6, 6.07) is 0. The van der Waals surface area contributed by atoms with Crippen LogP contribution in [0.4, 0.5) is 0 Å². The molecule has 1 heterocycles. The highest BCUT2D eigenvalue weighted by atomic mass is 16.3. The fourth-order valence-corrected chi connectivity index (χ4v) is 2.66. The molecule has 0 aromatic heterocycles. The lowest BCUT2D eigenvalue weighted by Gasteiger charge is -2.39. The van der Waals surface area contributed by atoms with E-state index in [9.17, 15) is 9.90 Å². The number of hydrogen-bond acceptors (Lipinski definition) is 3. The van der Waals surface area contributed by atoms with Crippen LogP contribution in [0.15, 0.2) is 0 Å². The van der Waals surface area contributed by atoms with Crippen molar-refractivity contribution in [2.75, 3.05) is 26.2 Å². The van der Waals surface area contributed by atoms with Gasteiger partial charge in [0.05, 0.1) is 5.41 Å². The predicted octanol–water partition coefficient (Wildman–Crippen LogP) is 0.982. The van der Waals surface area contributed by atoms with Crippen molar-refractivity contribution in [3.63, 3.8) is 0 Å². The molecule has 0 bridgehead atoms. The van der Waals surface area contributed by atoms with Gasteiger partial charge >= 0.3 is 0 Å². The molecule has 1 atom stereocenters. The van der Waals surface area contributed by atoms with E-state index in [1.807, 2.05) is 18.7 Å². The van der Waals surface area contributed by atoms with E-state index < -0.39 is 5.41 Å². The molecule has 4 heteroatoms. The Balaban J connectivity index is 2.73. The van der Waals surface area contributed by atoms with E-state index >= 15 is 0 Å². The van der Waals surface area contributed by atoms with Crippen LogP contribution in [0.2, 0.25) is 0 Å². The third-order valence-corrected chi connectivity index (χ3v) is 4.26. The number of hydrogen-bond donors (Lipinski definition) is 2. The van der Waals surface area contributed by atoms with Crippen LogP contribution in [-0.4, -0.2) is 42.2 Å². The average Bonchev–Trinajstić information content (AvgIpc) is 2.41. The summed E-state index contributed by atoms with van der Waals surface area (Å²) in [5, 5.41) is 9.20. The van der Waals surface area contributed by atoms with Crippen LogP contribution in [0.3, 0.4) is 0 Å². The van der Waals surface area contributed by atoms with Crippen molar-refractivity contribution in [1.82, 2.24) is 4.90 Å². The van der Waals surface area contributed by atoms with E-state index in [0.29, 0.717) is 13.1 Å². The minimum absolute atomic E-state index is 0.178. The summed E-state index contributed by atoms with van der Waals surface area (Å²) in [5.74, 6) is 0.431. The zero-order valence-electron chi connectivity index (χ0n) is 11.1. The smallest absolute Gasteiger partial charge is 0.230 e. The molecule has 1 unspecified atom stereocenters. The maximum Gasteiger partial charge on any atom is 0.230 e. The lowest BCUT2D eigenvalue weighted by atomic mass is 9.80. The molecule has 0 aliphatic carbocycles. The lowest BCUT2D eigenvalue weighted by Crippen LogP contribution is -2.51. The number of aliphatic hydroxyl groups is 1. The second-order valence-corrected chi connectivity index (χ2v) is 5.13. The number of carbonyl (C=O) groups is 1. The van der Waals surface area contributed by atoms with Crippen LogP contribution in [0.1, 0.15) is 39.5 Å². The van der Waals surface area contributed by atoms with Gasteiger partial charge in [0.25, 0.3) is 0 Å². The second kappa shape index (κ2) is 6.36. The number of aliphatic hydroxyl groups excluding tert-OH is 1. The van der Waals surface area contributed by atoms with Gasteiger partial charge in [-0.1, -0.05) is 13.8 Å². The number of rotatable bonds is 5. The number of piperidine rings is 1. The molecule has 0 aromatic rings. The first-order valence-corrected chi connectivity index (χ1v) is 6.73. The Labute approximate surface area is 104 Å². The van der Waals surface area contributed by atoms with Gasteiger partial charge in [0.1, 0.15) is 0 Å². The van der Waals surface area contributed by atoms with E-state index in [1.54, 1.807) is 0 Å². The third-order valence-electron chi connectivity index (χ3n) is 4.26. The molecule has 1 amide bonds. The molecule has 1 aliphatic rings. The molecule has 3 N–H and O–H groups in total. The van der Waals surface area contributed by atoms with Gasteiger partial charge in [-0.15, -0.1) is 0 Å². The van der Waals surface area contributed by atoms with Crippen LogP contribution in [0.25, 0.3) is 0 Å². The molecule has 17 heavy (non-hydrogen) atoms. The van der Waals surface area contributed by atoms with Crippen molar-refractivity contribution in [2.45, 2.75) is 39.5 Å². The van der Waals surface area contributed by atoms with Gasteiger partial charge in [0.15, 0.2) is 0 Å². The minimum Gasteiger partial charge on any atom is -0.396 e. The fraction of sp³-hybridized carbons (Fsp3) is 0.923. The normalized spacial score (nSPS) is 21.6. The quantitative estimate of drug-likeness (QED) is 0.755. The maximum absolute atomic E-state index is 12.5. The van der Waals surface area contributed by atoms with Crippen molar-refractivity contribution in [1.29, 1.82) is 0 Å². The SMILES string of the molecule is CCC(CC)(CN)C(=O)N1CCCC(CO)C1. The average molecular weight is 242 g/mol. The van der Waals surface area contributed by atoms with Crippen molar-refractivity contribution < 1.29 is 9.90 Å². The second-order valence-electron chi connectivity index (χ2n) is 5.13. The van der Waals surface area contributed by atoms with Crippen LogP contribution in [0, 0.1) is 11.3 Å². The fourth-order valence-electron chi connectivity index (χ4n) is 2.66. The standard InChI is InChI=1S/C13H26N2O2/c1-3-13(4-2,10-14)12(17)15-7-5-6-11(8-15)9-16/h11,16H,3-10,14H2,1-2H3. The zero-order chi connectivity index (χ0) is 12.9. The van der Waals surface area contributed by atoms with Gasteiger partial charge in [0, 0.05) is 26.2 Å². The Kier molecular flexibility index (Phi) is 5.40. The maximum atomic E-state index is 12.5. The molecule has 0 radical (unpaired) electrons. The molecule has 100 valence electrons. The summed E-state index contributed by atoms with van der Waals surface area (Å²) < 4.78 is 0. The summed E-state index contributed by atoms with van der Waals surface area (Å²) >= 11 is 0. The molecular weight excluding hydrogens is 216 g/mol. The van der Waals surface area contributed by atoms with Gasteiger partial charge in [-0.3, -0.25) is 4.79 Å². The number of nitrogens with two attached hydrogens (primary N) is 1. The highest BCUT2D eigenvalue weighted by Gasteiger charge is 2.38. The number of amides is 1. The lowest BCUT2D eigenvalue weighted by molar-refractivity contribution is -0.144. The summed E-state index contributed by atoms with van der Waals surface area (Å²) in [6.07, 6.45) is 3.59. The van der Waals surface area contributed by atoms with Crippen LogP contribution < -0.4 is 5.73 Å². The van der Waals surface area contributed by atoms with Gasteiger partial charge < -0.3 is 15.7 Å². The Hall–Kier alpha value is -0.610. The molecule has 0 aromatic carbocycles. The molecule has 1 fully saturated rings. The van der Waals surface area contributed by atoms with Crippen molar-refractivity contribution >= 4 is 5.91 Å². The van der Waals surface area contributed by atoms with Crippen LogP contribution in [0.5, 0.6) is 0 Å². The minimum atomic E-state index is -0.392. The van der Waals surface area contributed by atoms with Gasteiger partial charge in [-0.05, 0) is 31.6 Å². The van der Waals surface area contributed by atoms with Gasteiger partial charge in [-0.25, -0.2) is 0 Å². The number of carbonyl (C=O) groups excluding carboxylic acids is 1. The van der Waals surface area contributed by atoms with Crippen molar-refractivity contribution in [3.8, 4) is 0 Å². The van der Waals surface area contributed by atoms with E-state index in [0.717, 1.165) is 32.2 Å². The molecule has 4 nitrogen and oxygen atoms in total. The molecular formula is C13H26N2O2. The van der Waals surface area contributed by atoms with E-state index in [4.69, 9.17) is 5.73 Å². The highest BCUT2D eigenvalue weighted by Crippen LogP contribution is 2.29. The molecule has 1 rings (SSSR count). The summed E-state index contributed by atoms with van der Waals surface area (Å²) in [4.78, 5) is 14.4. The Morgan fingerprint density at radius 3 is 2.59 bits per heavy atom. The third kappa shape index (κ3) is 2.99. The summed E-state index contributed by atoms with van der Waals surface area (Å²) in [5.41, 5.74) is 5.42. The Morgan fingerprint density at radius 1 is 1.47 bits per heavy atom. The number of nitrogens with zero attached hydrogens (tertiary/aromatic N) is 1. The predicted molar refractivity (Wildman–Crippen MR) is 68.5 cm³/mol. The van der Waals surface area contributed by atoms with Crippen LogP contribution in [-0.2, 0) is 4.79 Å². The molecule has 0 spiro atoms. The topological polar surface area (TPSA) is 66.6 Å². The van der Waals surface area contributed by atoms with Crippen molar-refractivity contribution in [3.05, 3.63) is 0 Å². The Morgan fingerprint density at radius 2 is 2.12 bits per heavy atom. The van der Waals surface area contributed by atoms with Gasteiger partial charge in [-0.2, -0.15) is 0 Å². The number of likely N-dealkylation sites (tertiary alicyclic amines) is 1. The Bertz CT molecular complexity index is 244. The van der Waals surface area contributed by atoms with E-state index in [1.165, 1.54) is 0 Å². The largest absolute Gasteiger partial charge is 0.396 e. The summed E-state index contributed by atoms with van der Waals surface area (Å²) in [7, 11) is 0. The van der Waals surface area contributed by atoms with E-state index in [2.05, 4.69) is 0 Å². The van der Waals surface area contributed by atoms with Gasteiger partial charge in [0.2, 0.25) is 5.91 Å². The van der Waals surface area contributed by atoms with Crippen molar-refractivity contribution in [2.24, 2.45) is 17.1 Å². The monoisotopic (exact) mass is 242 g/mol. The zero-order valence-corrected chi connectivity index (χ0v) is 11.1. The highest BCUT2D eigenvalue weighted by molar-refractivity contribution is 5.83.